The van der Waals surface area contributed by atoms with E-state index in [1.165, 1.54) is 42.8 Å². The van der Waals surface area contributed by atoms with Crippen LogP contribution in [0.2, 0.25) is 0 Å². The first kappa shape index (κ1) is 18.4. The molecule has 1 atom stereocenters. The summed E-state index contributed by atoms with van der Waals surface area (Å²) in [5, 5.41) is 30.6. The monoisotopic (exact) mass is 374 g/mol. The van der Waals surface area contributed by atoms with Gasteiger partial charge in [-0.15, -0.1) is 0 Å². The summed E-state index contributed by atoms with van der Waals surface area (Å²) in [5.41, 5.74) is 0.146. The Labute approximate surface area is 152 Å². The Bertz CT molecular complexity index is 1070. The number of phenols is 2. The van der Waals surface area contributed by atoms with Gasteiger partial charge in [0.1, 0.15) is 35.5 Å². The number of aliphatic carboxylic acids is 1. The lowest BCUT2D eigenvalue weighted by atomic mass is 10.0. The Hall–Kier alpha value is -3.39. The van der Waals surface area contributed by atoms with Gasteiger partial charge >= 0.3 is 5.97 Å². The lowest BCUT2D eigenvalue weighted by Crippen LogP contribution is -2.89. The maximum absolute atomic E-state index is 13.1. The molecule has 0 aliphatic carbocycles. The fourth-order valence-electron chi connectivity index (χ4n) is 2.75. The van der Waals surface area contributed by atoms with Crippen molar-refractivity contribution in [2.75, 3.05) is 0 Å². The summed E-state index contributed by atoms with van der Waals surface area (Å²) in [7, 11) is 0. The van der Waals surface area contributed by atoms with E-state index in [0.717, 1.165) is 6.07 Å². The molecule has 1 unspecified atom stereocenters. The van der Waals surface area contributed by atoms with E-state index in [0.29, 0.717) is 5.56 Å². The molecule has 3 aromatic rings. The third-order valence-electron chi connectivity index (χ3n) is 4.33. The van der Waals surface area contributed by atoms with Gasteiger partial charge in [-0.05, 0) is 24.6 Å². The van der Waals surface area contributed by atoms with E-state index in [-0.39, 0.29) is 34.4 Å². The predicted octanol–water partition coefficient (Wildman–Crippen LogP) is 1.55. The molecule has 1 heterocycles. The molecule has 0 aliphatic rings. The normalized spacial score (nSPS) is 12.2. The van der Waals surface area contributed by atoms with Gasteiger partial charge in [0.05, 0.1) is 11.1 Å². The molecule has 0 radical (unpaired) electrons. The van der Waals surface area contributed by atoms with Crippen molar-refractivity contribution in [3.05, 3.63) is 58.2 Å². The first-order valence-corrected chi connectivity index (χ1v) is 8.11. The number of aromatic hydroxyl groups is 2. The number of hydrogen-bond acceptors (Lipinski definition) is 5. The van der Waals surface area contributed by atoms with Crippen LogP contribution < -0.4 is 10.7 Å². The molecule has 0 fully saturated rings. The van der Waals surface area contributed by atoms with Gasteiger partial charge in [0.15, 0.2) is 11.6 Å². The number of benzene rings is 2. The van der Waals surface area contributed by atoms with Crippen LogP contribution in [0.15, 0.2) is 45.8 Å². The van der Waals surface area contributed by atoms with Gasteiger partial charge < -0.3 is 25.1 Å². The van der Waals surface area contributed by atoms with E-state index in [2.05, 4.69) is 0 Å². The summed E-state index contributed by atoms with van der Waals surface area (Å²) in [6.45, 7) is 1.50. The summed E-state index contributed by atoms with van der Waals surface area (Å²) < 4.78 is 18.6. The second-order valence-corrected chi connectivity index (χ2v) is 6.15. The maximum Gasteiger partial charge on any atom is 0.362 e. The van der Waals surface area contributed by atoms with Crippen molar-refractivity contribution in [3.8, 4) is 22.6 Å². The molecule has 140 valence electrons. The second kappa shape index (κ2) is 7.08. The average Bonchev–Trinajstić information content (AvgIpc) is 2.62. The van der Waals surface area contributed by atoms with Crippen LogP contribution in [0.4, 0.5) is 4.39 Å². The molecule has 5 N–H and O–H groups in total. The van der Waals surface area contributed by atoms with Crippen LogP contribution in [-0.2, 0) is 11.3 Å². The Morgan fingerprint density at radius 2 is 1.89 bits per heavy atom. The molecule has 8 heteroatoms. The van der Waals surface area contributed by atoms with Gasteiger partial charge in [-0.3, -0.25) is 4.79 Å². The van der Waals surface area contributed by atoms with Gasteiger partial charge in [0.25, 0.3) is 0 Å². The van der Waals surface area contributed by atoms with Crippen LogP contribution in [0.1, 0.15) is 12.5 Å². The molecule has 2 aromatic carbocycles. The zero-order valence-corrected chi connectivity index (χ0v) is 14.3. The maximum atomic E-state index is 13.1. The third-order valence-corrected chi connectivity index (χ3v) is 4.33. The molecule has 1 aromatic heterocycles. The van der Waals surface area contributed by atoms with Crippen LogP contribution >= 0.6 is 0 Å². The van der Waals surface area contributed by atoms with Gasteiger partial charge in [0.2, 0.25) is 5.43 Å². The van der Waals surface area contributed by atoms with Crippen LogP contribution in [0.25, 0.3) is 22.1 Å². The van der Waals surface area contributed by atoms with E-state index in [9.17, 15) is 24.2 Å². The number of nitrogens with two attached hydrogens (primary N) is 1. The van der Waals surface area contributed by atoms with Gasteiger partial charge in [-0.25, -0.2) is 9.18 Å². The highest BCUT2D eigenvalue weighted by molar-refractivity contribution is 5.90. The van der Waals surface area contributed by atoms with Crippen molar-refractivity contribution < 1.29 is 34.2 Å². The highest BCUT2D eigenvalue weighted by Crippen LogP contribution is 2.33. The molecule has 0 saturated heterocycles. The average molecular weight is 374 g/mol. The lowest BCUT2D eigenvalue weighted by molar-refractivity contribution is -0.690. The number of carboxylic acids is 1. The minimum Gasteiger partial charge on any atom is -0.507 e. The first-order valence-electron chi connectivity index (χ1n) is 8.11. The largest absolute Gasteiger partial charge is 0.507 e. The van der Waals surface area contributed by atoms with E-state index in [1.807, 2.05) is 0 Å². The van der Waals surface area contributed by atoms with Crippen LogP contribution in [0, 0.1) is 5.82 Å². The van der Waals surface area contributed by atoms with Crippen LogP contribution in [0.3, 0.4) is 0 Å². The molecule has 0 amide bonds. The van der Waals surface area contributed by atoms with E-state index in [4.69, 9.17) is 9.52 Å². The molecule has 0 aliphatic heterocycles. The molecule has 3 rings (SSSR count). The zero-order chi connectivity index (χ0) is 19.7. The Morgan fingerprint density at radius 1 is 1.22 bits per heavy atom. The third kappa shape index (κ3) is 3.47. The fraction of sp³-hybridized carbons (Fsp3) is 0.158. The number of fused-ring (bicyclic) bond motifs is 1. The van der Waals surface area contributed by atoms with Crippen molar-refractivity contribution in [1.82, 2.24) is 0 Å². The van der Waals surface area contributed by atoms with Crippen LogP contribution in [0.5, 0.6) is 11.5 Å². The highest BCUT2D eigenvalue weighted by atomic mass is 19.1. The van der Waals surface area contributed by atoms with Gasteiger partial charge in [0, 0.05) is 6.07 Å². The predicted molar refractivity (Wildman–Crippen MR) is 93.9 cm³/mol. The summed E-state index contributed by atoms with van der Waals surface area (Å²) in [6.07, 6.45) is 1.17. The summed E-state index contributed by atoms with van der Waals surface area (Å²) in [5.74, 6) is -2.26. The summed E-state index contributed by atoms with van der Waals surface area (Å²) >= 11 is 0. The molecule has 27 heavy (non-hydrogen) atoms. The lowest BCUT2D eigenvalue weighted by Gasteiger charge is -2.11. The Balaban J connectivity index is 2.14. The van der Waals surface area contributed by atoms with Crippen molar-refractivity contribution >= 4 is 16.9 Å². The number of halogens is 1. The van der Waals surface area contributed by atoms with Crippen LogP contribution in [-0.4, -0.2) is 27.3 Å². The molecule has 7 nitrogen and oxygen atoms in total. The van der Waals surface area contributed by atoms with Crippen molar-refractivity contribution in [2.45, 2.75) is 19.5 Å². The molecular formula is C19H17FNO6+. The van der Waals surface area contributed by atoms with E-state index < -0.39 is 29.0 Å². The smallest absolute Gasteiger partial charge is 0.362 e. The first-order chi connectivity index (χ1) is 12.8. The molecular weight excluding hydrogens is 357 g/mol. The van der Waals surface area contributed by atoms with Crippen molar-refractivity contribution in [1.29, 1.82) is 0 Å². The SMILES string of the molecule is CC([NH2+]Cc1c(O)cc(O)c2c(=O)c(-c3ccc(F)cc3)coc12)C(=O)O. The zero-order valence-electron chi connectivity index (χ0n) is 14.3. The summed E-state index contributed by atoms with van der Waals surface area (Å²) in [6, 6.07) is 5.45. The topological polar surface area (TPSA) is 125 Å². The number of carbonyl (C=O) groups is 1. The number of carboxylic acid groups (broad SMARTS) is 1. The second-order valence-electron chi connectivity index (χ2n) is 6.15. The molecule has 0 saturated carbocycles. The van der Waals surface area contributed by atoms with E-state index >= 15 is 0 Å². The number of phenolic OH excluding ortho intramolecular Hbond substituents is 2. The van der Waals surface area contributed by atoms with Crippen molar-refractivity contribution in [2.24, 2.45) is 0 Å². The van der Waals surface area contributed by atoms with Crippen molar-refractivity contribution in [3.63, 3.8) is 0 Å². The molecule has 0 spiro atoms. The summed E-state index contributed by atoms with van der Waals surface area (Å²) in [4.78, 5) is 23.8. The number of quaternary nitrogens is 1. The Morgan fingerprint density at radius 3 is 2.52 bits per heavy atom. The minimum atomic E-state index is -1.03. The molecule has 0 bridgehead atoms. The van der Waals surface area contributed by atoms with Gasteiger partial charge in [-0.1, -0.05) is 12.1 Å². The quantitative estimate of drug-likeness (QED) is 0.537. The van der Waals surface area contributed by atoms with E-state index in [1.54, 1.807) is 0 Å². The van der Waals surface area contributed by atoms with Gasteiger partial charge in [-0.2, -0.15) is 0 Å². The standard InChI is InChI=1S/C19H16FNO6/c1-9(19(25)26)21-7-12-14(22)6-15(23)16-17(24)13(8-27-18(12)16)10-2-4-11(20)5-3-10/h2-6,8-9,21-23H,7H2,1H3,(H,25,26)/p+1. The highest BCUT2D eigenvalue weighted by Gasteiger charge is 2.22. The number of hydrogen-bond donors (Lipinski definition) is 4. The fourth-order valence-corrected chi connectivity index (χ4v) is 2.75. The Kier molecular flexibility index (Phi) is 4.83. The number of rotatable bonds is 5. The minimum absolute atomic E-state index is 0.0227.